The molecule has 0 unspecified atom stereocenters. The van der Waals surface area contributed by atoms with Crippen molar-refractivity contribution in [2.45, 2.75) is 19.4 Å². The van der Waals surface area contributed by atoms with Crippen LogP contribution in [0.3, 0.4) is 0 Å². The summed E-state index contributed by atoms with van der Waals surface area (Å²) in [5.74, 6) is -1.51. The lowest BCUT2D eigenvalue weighted by Gasteiger charge is -2.03. The smallest absolute Gasteiger partial charge is 0.182 e. The third kappa shape index (κ3) is 2.48. The lowest BCUT2D eigenvalue weighted by molar-refractivity contribution is 0.508. The molecule has 0 atom stereocenters. The van der Waals surface area contributed by atoms with Crippen molar-refractivity contribution in [3.63, 3.8) is 0 Å². The maximum absolute atomic E-state index is 13.1. The van der Waals surface area contributed by atoms with Crippen molar-refractivity contribution in [1.29, 1.82) is 5.26 Å². The first-order valence-corrected chi connectivity index (χ1v) is 5.31. The van der Waals surface area contributed by atoms with Crippen LogP contribution in [-0.2, 0) is 6.54 Å². The zero-order valence-corrected chi connectivity index (χ0v) is 9.35. The van der Waals surface area contributed by atoms with E-state index in [1.54, 1.807) is 0 Å². The molecule has 0 fully saturated rings. The Kier molecular flexibility index (Phi) is 3.57. The van der Waals surface area contributed by atoms with Gasteiger partial charge in [0.2, 0.25) is 0 Å². The third-order valence-electron chi connectivity index (χ3n) is 2.37. The average Bonchev–Trinajstić information content (AvgIpc) is 2.81. The quantitative estimate of drug-likeness (QED) is 0.776. The molecular formula is C11H9F2N5. The molecule has 0 amide bonds. The second-order valence-corrected chi connectivity index (χ2v) is 3.62. The molecule has 5 nitrogen and oxygen atoms in total. The molecule has 0 bridgehead atoms. The summed E-state index contributed by atoms with van der Waals surface area (Å²) in [5, 5.41) is 19.5. The van der Waals surface area contributed by atoms with Gasteiger partial charge in [-0.15, -0.1) is 5.10 Å². The van der Waals surface area contributed by atoms with Gasteiger partial charge in [-0.05, 0) is 35.0 Å². The minimum absolute atomic E-state index is 0.354. The molecule has 0 radical (unpaired) electrons. The van der Waals surface area contributed by atoms with Gasteiger partial charge in [0.25, 0.3) is 0 Å². The normalized spacial score (nSPS) is 10.3. The van der Waals surface area contributed by atoms with Crippen molar-refractivity contribution in [2.75, 3.05) is 0 Å². The van der Waals surface area contributed by atoms with Crippen LogP contribution >= 0.6 is 0 Å². The summed E-state index contributed by atoms with van der Waals surface area (Å²) >= 11 is 0. The Labute approximate surface area is 102 Å². The van der Waals surface area contributed by atoms with Crippen LogP contribution in [0.2, 0.25) is 0 Å². The van der Waals surface area contributed by atoms with E-state index in [0.29, 0.717) is 30.8 Å². The van der Waals surface area contributed by atoms with E-state index in [1.165, 1.54) is 10.7 Å². The van der Waals surface area contributed by atoms with Crippen LogP contribution < -0.4 is 0 Å². The largest absolute Gasteiger partial charge is 0.225 e. The molecule has 0 N–H and O–H groups in total. The first-order valence-electron chi connectivity index (χ1n) is 5.31. The molecule has 7 heteroatoms. The van der Waals surface area contributed by atoms with Crippen LogP contribution in [0.1, 0.15) is 12.8 Å². The van der Waals surface area contributed by atoms with Gasteiger partial charge in [0.05, 0.1) is 6.07 Å². The van der Waals surface area contributed by atoms with E-state index in [4.69, 9.17) is 5.26 Å². The fourth-order valence-corrected chi connectivity index (χ4v) is 1.51. The van der Waals surface area contributed by atoms with Crippen LogP contribution in [0.5, 0.6) is 0 Å². The van der Waals surface area contributed by atoms with Crippen LogP contribution in [0.4, 0.5) is 8.78 Å². The Morgan fingerprint density at radius 1 is 1.28 bits per heavy atom. The standard InChI is InChI=1S/C11H9F2N5/c12-9-4-3-8(7-10(9)13)11-15-16-17-18(11)6-2-1-5-14/h3-4,7H,1-2,6H2. The fourth-order valence-electron chi connectivity index (χ4n) is 1.51. The molecule has 1 aromatic carbocycles. The summed E-state index contributed by atoms with van der Waals surface area (Å²) in [6.45, 7) is 0.453. The van der Waals surface area contributed by atoms with Gasteiger partial charge in [-0.2, -0.15) is 5.26 Å². The van der Waals surface area contributed by atoms with Crippen molar-refractivity contribution in [1.82, 2.24) is 20.2 Å². The van der Waals surface area contributed by atoms with Gasteiger partial charge >= 0.3 is 0 Å². The molecule has 18 heavy (non-hydrogen) atoms. The predicted molar refractivity (Wildman–Crippen MR) is 58.0 cm³/mol. The first kappa shape index (κ1) is 12.1. The van der Waals surface area contributed by atoms with E-state index < -0.39 is 11.6 Å². The summed E-state index contributed by atoms with van der Waals surface area (Å²) in [6.07, 6.45) is 0.981. The van der Waals surface area contributed by atoms with Crippen molar-refractivity contribution in [3.8, 4) is 17.5 Å². The van der Waals surface area contributed by atoms with Crippen LogP contribution in [0.15, 0.2) is 18.2 Å². The molecule has 1 aromatic heterocycles. The number of benzene rings is 1. The second-order valence-electron chi connectivity index (χ2n) is 3.62. The monoisotopic (exact) mass is 249 g/mol. The Morgan fingerprint density at radius 2 is 2.11 bits per heavy atom. The minimum atomic E-state index is -0.945. The van der Waals surface area contributed by atoms with E-state index in [1.807, 2.05) is 6.07 Å². The molecule has 2 rings (SSSR count). The van der Waals surface area contributed by atoms with Crippen molar-refractivity contribution in [3.05, 3.63) is 29.8 Å². The molecule has 0 aliphatic heterocycles. The molecule has 1 heterocycles. The summed E-state index contributed by atoms with van der Waals surface area (Å²) in [4.78, 5) is 0. The number of nitrogens with zero attached hydrogens (tertiary/aromatic N) is 5. The van der Waals surface area contributed by atoms with Gasteiger partial charge in [0.1, 0.15) is 0 Å². The van der Waals surface area contributed by atoms with Gasteiger partial charge in [0.15, 0.2) is 17.5 Å². The van der Waals surface area contributed by atoms with Gasteiger partial charge in [-0.25, -0.2) is 13.5 Å². The summed E-state index contributed by atoms with van der Waals surface area (Å²) in [7, 11) is 0. The van der Waals surface area contributed by atoms with Crippen LogP contribution in [-0.4, -0.2) is 20.2 Å². The number of aromatic nitrogens is 4. The highest BCUT2D eigenvalue weighted by atomic mass is 19.2. The molecule has 92 valence electrons. The van der Waals surface area contributed by atoms with Gasteiger partial charge < -0.3 is 0 Å². The number of hydrogen-bond donors (Lipinski definition) is 0. The Morgan fingerprint density at radius 3 is 2.83 bits per heavy atom. The molecule has 0 aliphatic rings. The van der Waals surface area contributed by atoms with Gasteiger partial charge in [0, 0.05) is 18.5 Å². The molecule has 0 saturated heterocycles. The Balaban J connectivity index is 2.25. The number of halogens is 2. The number of unbranched alkanes of at least 4 members (excludes halogenated alkanes) is 1. The number of tetrazole rings is 1. The summed E-state index contributed by atoms with van der Waals surface area (Å²) in [5.41, 5.74) is 0.399. The van der Waals surface area contributed by atoms with E-state index in [2.05, 4.69) is 15.5 Å². The highest BCUT2D eigenvalue weighted by Crippen LogP contribution is 2.18. The number of hydrogen-bond acceptors (Lipinski definition) is 4. The highest BCUT2D eigenvalue weighted by molar-refractivity contribution is 5.54. The number of aryl methyl sites for hydroxylation is 1. The lowest BCUT2D eigenvalue weighted by Crippen LogP contribution is -2.03. The van der Waals surface area contributed by atoms with Crippen molar-refractivity contribution < 1.29 is 8.78 Å². The SMILES string of the molecule is N#CCCCn1nnnc1-c1ccc(F)c(F)c1. The maximum atomic E-state index is 13.1. The fraction of sp³-hybridized carbons (Fsp3) is 0.273. The molecule has 0 spiro atoms. The van der Waals surface area contributed by atoms with Gasteiger partial charge in [-0.1, -0.05) is 0 Å². The molecule has 0 aliphatic carbocycles. The molecule has 2 aromatic rings. The Hall–Kier alpha value is -2.36. The third-order valence-corrected chi connectivity index (χ3v) is 2.37. The lowest BCUT2D eigenvalue weighted by atomic mass is 10.2. The zero-order chi connectivity index (χ0) is 13.0. The van der Waals surface area contributed by atoms with E-state index >= 15 is 0 Å². The van der Waals surface area contributed by atoms with Crippen LogP contribution in [0, 0.1) is 23.0 Å². The molecular weight excluding hydrogens is 240 g/mol. The topological polar surface area (TPSA) is 67.4 Å². The van der Waals surface area contributed by atoms with E-state index in [0.717, 1.165) is 12.1 Å². The number of nitriles is 1. The van der Waals surface area contributed by atoms with Gasteiger partial charge in [-0.3, -0.25) is 0 Å². The molecule has 0 saturated carbocycles. The Bertz CT molecular complexity index is 587. The van der Waals surface area contributed by atoms with E-state index in [9.17, 15) is 8.78 Å². The number of rotatable bonds is 4. The zero-order valence-electron chi connectivity index (χ0n) is 9.35. The maximum Gasteiger partial charge on any atom is 0.182 e. The summed E-state index contributed by atoms with van der Waals surface area (Å²) < 4.78 is 27.4. The van der Waals surface area contributed by atoms with Crippen LogP contribution in [0.25, 0.3) is 11.4 Å². The minimum Gasteiger partial charge on any atom is -0.225 e. The van der Waals surface area contributed by atoms with Crippen molar-refractivity contribution >= 4 is 0 Å². The first-order chi connectivity index (χ1) is 8.72. The van der Waals surface area contributed by atoms with E-state index in [-0.39, 0.29) is 0 Å². The highest BCUT2D eigenvalue weighted by Gasteiger charge is 2.11. The van der Waals surface area contributed by atoms with Crippen molar-refractivity contribution in [2.24, 2.45) is 0 Å². The predicted octanol–water partition coefficient (Wildman–Crippen LogP) is 1.92. The summed E-state index contributed by atoms with van der Waals surface area (Å²) in [6, 6.07) is 5.49. The average molecular weight is 249 g/mol. The second kappa shape index (κ2) is 5.31.